The molecule has 0 aromatic heterocycles. The van der Waals surface area contributed by atoms with Gasteiger partial charge in [-0.2, -0.15) is 0 Å². The van der Waals surface area contributed by atoms with E-state index in [1.165, 1.54) is 18.4 Å². The second-order valence-electron chi connectivity index (χ2n) is 7.85. The van der Waals surface area contributed by atoms with E-state index in [9.17, 15) is 4.79 Å². The van der Waals surface area contributed by atoms with Gasteiger partial charge in [-0.15, -0.1) is 0 Å². The van der Waals surface area contributed by atoms with Crippen molar-refractivity contribution in [3.63, 3.8) is 0 Å². The van der Waals surface area contributed by atoms with E-state index in [1.807, 2.05) is 0 Å². The Morgan fingerprint density at radius 3 is 2.77 bits per heavy atom. The number of ether oxygens (including phenoxy) is 1. The van der Waals surface area contributed by atoms with Crippen LogP contribution in [0.3, 0.4) is 0 Å². The quantitative estimate of drug-likeness (QED) is 0.820. The zero-order valence-electron chi connectivity index (χ0n) is 16.2. The number of piperidine rings is 1. The summed E-state index contributed by atoms with van der Waals surface area (Å²) in [5, 5.41) is 6.56. The van der Waals surface area contributed by atoms with Gasteiger partial charge in [-0.25, -0.2) is 0 Å². The van der Waals surface area contributed by atoms with Gasteiger partial charge in [0.15, 0.2) is 0 Å². The Labute approximate surface area is 157 Å². The average molecular weight is 360 g/mol. The van der Waals surface area contributed by atoms with Crippen LogP contribution in [-0.2, 0) is 16.1 Å². The first-order valence-electron chi connectivity index (χ1n) is 10.0. The summed E-state index contributed by atoms with van der Waals surface area (Å²) in [4.78, 5) is 15.0. The van der Waals surface area contributed by atoms with Crippen molar-refractivity contribution in [1.29, 1.82) is 0 Å². The first kappa shape index (κ1) is 19.3. The van der Waals surface area contributed by atoms with Crippen LogP contribution in [0.4, 0.5) is 5.69 Å². The molecular formula is C21H33N3O2. The van der Waals surface area contributed by atoms with Gasteiger partial charge in [0.1, 0.15) is 0 Å². The molecule has 1 atom stereocenters. The number of nitrogens with one attached hydrogen (secondary N) is 2. The van der Waals surface area contributed by atoms with Crippen molar-refractivity contribution in [1.82, 2.24) is 10.2 Å². The van der Waals surface area contributed by atoms with Crippen LogP contribution < -0.4 is 10.6 Å². The van der Waals surface area contributed by atoms with Crippen LogP contribution >= 0.6 is 0 Å². The normalized spacial score (nSPS) is 20.7. The molecule has 0 radical (unpaired) electrons. The third-order valence-corrected chi connectivity index (χ3v) is 5.78. The zero-order chi connectivity index (χ0) is 18.4. The van der Waals surface area contributed by atoms with Crippen LogP contribution in [0.2, 0.25) is 0 Å². The topological polar surface area (TPSA) is 53.6 Å². The molecule has 2 saturated heterocycles. The van der Waals surface area contributed by atoms with Crippen molar-refractivity contribution >= 4 is 11.6 Å². The number of morpholine rings is 1. The molecular weight excluding hydrogens is 326 g/mol. The van der Waals surface area contributed by atoms with Gasteiger partial charge in [0, 0.05) is 31.7 Å². The van der Waals surface area contributed by atoms with E-state index in [2.05, 4.69) is 47.6 Å². The van der Waals surface area contributed by atoms with Crippen molar-refractivity contribution in [3.05, 3.63) is 29.3 Å². The largest absolute Gasteiger partial charge is 0.379 e. The Morgan fingerprint density at radius 1 is 1.31 bits per heavy atom. The molecule has 0 spiro atoms. The number of hydrogen-bond donors (Lipinski definition) is 2. The third-order valence-electron chi connectivity index (χ3n) is 5.78. The Kier molecular flexibility index (Phi) is 7.06. The van der Waals surface area contributed by atoms with Crippen LogP contribution in [0.15, 0.2) is 18.2 Å². The predicted octanol–water partition coefficient (Wildman–Crippen LogP) is 2.79. The molecule has 2 heterocycles. The number of hydrogen-bond acceptors (Lipinski definition) is 4. The Bertz CT molecular complexity index is 593. The lowest BCUT2D eigenvalue weighted by molar-refractivity contribution is -0.117. The lowest BCUT2D eigenvalue weighted by Gasteiger charge is -2.28. The maximum Gasteiger partial charge on any atom is 0.224 e. The molecule has 0 bridgehead atoms. The minimum Gasteiger partial charge on any atom is -0.379 e. The molecule has 2 aliphatic rings. The zero-order valence-corrected chi connectivity index (χ0v) is 16.2. The molecule has 5 nitrogen and oxygen atoms in total. The molecule has 1 unspecified atom stereocenters. The van der Waals surface area contributed by atoms with Crippen LogP contribution in [0.5, 0.6) is 0 Å². The number of amides is 1. The first-order chi connectivity index (χ1) is 12.6. The van der Waals surface area contributed by atoms with Crippen molar-refractivity contribution in [2.24, 2.45) is 11.8 Å². The van der Waals surface area contributed by atoms with Gasteiger partial charge < -0.3 is 15.4 Å². The molecule has 0 aliphatic carbocycles. The number of anilines is 1. The summed E-state index contributed by atoms with van der Waals surface area (Å²) in [6.45, 7) is 10.9. The number of carbonyl (C=O) groups excluding carboxylic acids is 1. The van der Waals surface area contributed by atoms with Crippen molar-refractivity contribution < 1.29 is 9.53 Å². The highest BCUT2D eigenvalue weighted by Crippen LogP contribution is 2.25. The van der Waals surface area contributed by atoms with Gasteiger partial charge in [0.2, 0.25) is 5.91 Å². The van der Waals surface area contributed by atoms with E-state index in [0.717, 1.165) is 57.2 Å². The molecule has 1 amide bonds. The summed E-state index contributed by atoms with van der Waals surface area (Å²) < 4.78 is 5.42. The lowest BCUT2D eigenvalue weighted by Crippen LogP contribution is -2.35. The second-order valence-corrected chi connectivity index (χ2v) is 7.85. The Morgan fingerprint density at radius 2 is 2.04 bits per heavy atom. The van der Waals surface area contributed by atoms with Crippen LogP contribution in [0, 0.1) is 18.8 Å². The SMILES string of the molecule is Cc1ccc(CN2CCOCC2)cc1NC(=O)CC(C)C1CCNCC1. The van der Waals surface area contributed by atoms with Crippen molar-refractivity contribution in [2.75, 3.05) is 44.7 Å². The van der Waals surface area contributed by atoms with E-state index in [0.29, 0.717) is 18.3 Å². The highest BCUT2D eigenvalue weighted by atomic mass is 16.5. The third kappa shape index (κ3) is 5.53. The standard InChI is InChI=1S/C21H33N3O2/c1-16-3-4-18(15-24-9-11-26-12-10-24)14-20(16)23-21(25)13-17(2)19-5-7-22-8-6-19/h3-4,14,17,19,22H,5-13,15H2,1-2H3,(H,23,25). The molecule has 2 aliphatic heterocycles. The summed E-state index contributed by atoms with van der Waals surface area (Å²) in [6.07, 6.45) is 2.98. The molecule has 0 saturated carbocycles. The van der Waals surface area contributed by atoms with Gasteiger partial charge in [-0.3, -0.25) is 9.69 Å². The van der Waals surface area contributed by atoms with Gasteiger partial charge >= 0.3 is 0 Å². The van der Waals surface area contributed by atoms with E-state index in [4.69, 9.17) is 4.74 Å². The monoisotopic (exact) mass is 359 g/mol. The molecule has 1 aromatic carbocycles. The summed E-state index contributed by atoms with van der Waals surface area (Å²) >= 11 is 0. The fraction of sp³-hybridized carbons (Fsp3) is 0.667. The van der Waals surface area contributed by atoms with E-state index in [1.54, 1.807) is 0 Å². The second kappa shape index (κ2) is 9.49. The maximum atomic E-state index is 12.6. The molecule has 1 aromatic rings. The summed E-state index contributed by atoms with van der Waals surface area (Å²) in [7, 11) is 0. The molecule has 5 heteroatoms. The highest BCUT2D eigenvalue weighted by Gasteiger charge is 2.22. The van der Waals surface area contributed by atoms with E-state index >= 15 is 0 Å². The molecule has 2 fully saturated rings. The molecule has 2 N–H and O–H groups in total. The van der Waals surface area contributed by atoms with Crippen molar-refractivity contribution in [2.45, 2.75) is 39.7 Å². The molecule has 26 heavy (non-hydrogen) atoms. The average Bonchev–Trinajstić information content (AvgIpc) is 2.66. The van der Waals surface area contributed by atoms with E-state index < -0.39 is 0 Å². The number of aryl methyl sites for hydroxylation is 1. The van der Waals surface area contributed by atoms with Crippen molar-refractivity contribution in [3.8, 4) is 0 Å². The van der Waals surface area contributed by atoms with Gasteiger partial charge in [-0.05, 0) is 61.9 Å². The number of rotatable bonds is 6. The predicted molar refractivity (Wildman–Crippen MR) is 105 cm³/mol. The Balaban J connectivity index is 1.55. The molecule has 144 valence electrons. The number of carbonyl (C=O) groups is 1. The van der Waals surface area contributed by atoms with Crippen LogP contribution in [-0.4, -0.2) is 50.2 Å². The van der Waals surface area contributed by atoms with Gasteiger partial charge in [0.25, 0.3) is 0 Å². The fourth-order valence-corrected chi connectivity index (χ4v) is 3.99. The Hall–Kier alpha value is -1.43. The fourth-order valence-electron chi connectivity index (χ4n) is 3.99. The molecule has 3 rings (SSSR count). The highest BCUT2D eigenvalue weighted by molar-refractivity contribution is 5.91. The minimum atomic E-state index is 0.141. The summed E-state index contributed by atoms with van der Waals surface area (Å²) in [5.41, 5.74) is 3.33. The van der Waals surface area contributed by atoms with Crippen LogP contribution in [0.1, 0.15) is 37.3 Å². The minimum absolute atomic E-state index is 0.141. The van der Waals surface area contributed by atoms with E-state index in [-0.39, 0.29) is 5.91 Å². The summed E-state index contributed by atoms with van der Waals surface area (Å²) in [5.74, 6) is 1.24. The van der Waals surface area contributed by atoms with Crippen LogP contribution in [0.25, 0.3) is 0 Å². The summed E-state index contributed by atoms with van der Waals surface area (Å²) in [6, 6.07) is 6.41. The first-order valence-corrected chi connectivity index (χ1v) is 10.0. The smallest absolute Gasteiger partial charge is 0.224 e. The number of benzene rings is 1. The lowest BCUT2D eigenvalue weighted by atomic mass is 9.84. The maximum absolute atomic E-state index is 12.6. The number of nitrogens with zero attached hydrogens (tertiary/aromatic N) is 1. The van der Waals surface area contributed by atoms with Gasteiger partial charge in [0.05, 0.1) is 13.2 Å². The van der Waals surface area contributed by atoms with Gasteiger partial charge in [-0.1, -0.05) is 19.1 Å².